The van der Waals surface area contributed by atoms with Gasteiger partial charge >= 0.3 is 0 Å². The Morgan fingerprint density at radius 1 is 1.38 bits per heavy atom. The number of hydrogen-bond donors (Lipinski definition) is 1. The average molecular weight is 331 g/mol. The molecule has 1 fully saturated rings. The maximum absolute atomic E-state index is 12.2. The summed E-state index contributed by atoms with van der Waals surface area (Å²) in [5, 5.41) is 13.7. The van der Waals surface area contributed by atoms with Crippen molar-refractivity contribution in [2.75, 3.05) is 0 Å². The molecule has 1 aliphatic rings. The van der Waals surface area contributed by atoms with E-state index in [1.54, 1.807) is 0 Å². The summed E-state index contributed by atoms with van der Waals surface area (Å²) in [6.45, 7) is 1.96. The van der Waals surface area contributed by atoms with Gasteiger partial charge in [-0.2, -0.15) is 0 Å². The minimum Gasteiger partial charge on any atom is -0.349 e. The van der Waals surface area contributed by atoms with Crippen LogP contribution < -0.4 is 5.32 Å². The van der Waals surface area contributed by atoms with E-state index < -0.39 is 4.92 Å². The summed E-state index contributed by atoms with van der Waals surface area (Å²) in [7, 11) is 0. The van der Waals surface area contributed by atoms with Crippen LogP contribution in [0.4, 0.5) is 5.69 Å². The number of amides is 1. The molecule has 1 saturated carbocycles. The number of hydrogen-bond acceptors (Lipinski definition) is 3. The zero-order valence-electron chi connectivity index (χ0n) is 11.6. The van der Waals surface area contributed by atoms with E-state index in [4.69, 9.17) is 23.2 Å². The zero-order chi connectivity index (χ0) is 15.6. The lowest BCUT2D eigenvalue weighted by Gasteiger charge is -2.20. The molecule has 0 spiro atoms. The van der Waals surface area contributed by atoms with Gasteiger partial charge in [-0.25, -0.2) is 0 Å². The van der Waals surface area contributed by atoms with Gasteiger partial charge in [-0.3, -0.25) is 14.9 Å². The Hall–Kier alpha value is -1.33. The fraction of sp³-hybridized carbons (Fsp3) is 0.500. The molecular weight excluding hydrogens is 315 g/mol. The molecule has 7 heteroatoms. The van der Waals surface area contributed by atoms with Crippen LogP contribution in [0.2, 0.25) is 10.0 Å². The Morgan fingerprint density at radius 2 is 2.00 bits per heavy atom. The van der Waals surface area contributed by atoms with Crippen molar-refractivity contribution < 1.29 is 9.72 Å². The minimum absolute atomic E-state index is 0.00420. The molecular formula is C14H16Cl2N2O3. The first-order chi connectivity index (χ1) is 9.90. The lowest BCUT2D eigenvalue weighted by molar-refractivity contribution is -0.384. The second-order valence-electron chi connectivity index (χ2n) is 5.35. The highest BCUT2D eigenvalue weighted by Gasteiger charge is 2.25. The van der Waals surface area contributed by atoms with Gasteiger partial charge < -0.3 is 5.32 Å². The van der Waals surface area contributed by atoms with Crippen molar-refractivity contribution in [3.8, 4) is 0 Å². The number of nitro groups is 1. The van der Waals surface area contributed by atoms with Gasteiger partial charge in [0.25, 0.3) is 11.6 Å². The third-order valence-electron chi connectivity index (χ3n) is 3.93. The molecule has 1 amide bonds. The molecule has 0 heterocycles. The number of carbonyl (C=O) groups excluding carboxylic acids is 1. The second kappa shape index (κ2) is 6.62. The van der Waals surface area contributed by atoms with Crippen molar-refractivity contribution >= 4 is 34.8 Å². The minimum atomic E-state index is -0.647. The highest BCUT2D eigenvalue weighted by molar-refractivity contribution is 6.43. The molecule has 0 aromatic heterocycles. The van der Waals surface area contributed by atoms with Crippen LogP contribution in [0.1, 0.15) is 43.0 Å². The van der Waals surface area contributed by atoms with Crippen LogP contribution in [0.25, 0.3) is 0 Å². The summed E-state index contributed by atoms with van der Waals surface area (Å²) in [4.78, 5) is 22.5. The summed E-state index contributed by atoms with van der Waals surface area (Å²) in [5.41, 5.74) is -0.205. The van der Waals surface area contributed by atoms with Crippen molar-refractivity contribution in [2.45, 2.75) is 38.6 Å². The van der Waals surface area contributed by atoms with Gasteiger partial charge in [0.2, 0.25) is 0 Å². The van der Waals surface area contributed by atoms with Crippen LogP contribution in [0.3, 0.4) is 0 Å². The summed E-state index contributed by atoms with van der Waals surface area (Å²) in [6.07, 6.45) is 4.57. The zero-order valence-corrected chi connectivity index (χ0v) is 13.1. The van der Waals surface area contributed by atoms with E-state index in [0.717, 1.165) is 18.9 Å². The standard InChI is InChI=1S/C14H16Cl2N2O3/c1-8(9-4-2-3-5-9)17-14(19)10-6-11(15)13(16)12(7-10)18(20)21/h6-9H,2-5H2,1H3,(H,17,19). The van der Waals surface area contributed by atoms with E-state index in [-0.39, 0.29) is 33.2 Å². The molecule has 2 rings (SSSR count). The Bertz CT molecular complexity index is 572. The van der Waals surface area contributed by atoms with E-state index in [1.165, 1.54) is 18.9 Å². The van der Waals surface area contributed by atoms with Crippen LogP contribution in [-0.4, -0.2) is 16.9 Å². The molecule has 0 aliphatic heterocycles. The number of nitro benzene ring substituents is 1. The predicted molar refractivity (Wildman–Crippen MR) is 82.0 cm³/mol. The predicted octanol–water partition coefficient (Wildman–Crippen LogP) is 4.21. The number of halogens is 2. The lowest BCUT2D eigenvalue weighted by Crippen LogP contribution is -2.37. The van der Waals surface area contributed by atoms with Crippen molar-refractivity contribution in [1.82, 2.24) is 5.32 Å². The monoisotopic (exact) mass is 330 g/mol. The van der Waals surface area contributed by atoms with Gasteiger partial charge in [-0.05, 0) is 31.7 Å². The van der Waals surface area contributed by atoms with E-state index in [2.05, 4.69) is 5.32 Å². The van der Waals surface area contributed by atoms with Crippen LogP contribution >= 0.6 is 23.2 Å². The number of nitrogens with zero attached hydrogens (tertiary/aromatic N) is 1. The highest BCUT2D eigenvalue weighted by atomic mass is 35.5. The van der Waals surface area contributed by atoms with Crippen LogP contribution in [0, 0.1) is 16.0 Å². The fourth-order valence-corrected chi connectivity index (χ4v) is 3.10. The smallest absolute Gasteiger partial charge is 0.290 e. The molecule has 1 unspecified atom stereocenters. The first kappa shape index (κ1) is 16.0. The second-order valence-corrected chi connectivity index (χ2v) is 6.14. The molecule has 0 radical (unpaired) electrons. The number of nitrogens with one attached hydrogen (secondary N) is 1. The Balaban J connectivity index is 2.17. The number of carbonyl (C=O) groups is 1. The van der Waals surface area contributed by atoms with Crippen molar-refractivity contribution in [2.24, 2.45) is 5.92 Å². The maximum Gasteiger partial charge on any atom is 0.290 e. The molecule has 5 nitrogen and oxygen atoms in total. The normalized spacial score (nSPS) is 16.7. The van der Waals surface area contributed by atoms with Gasteiger partial charge in [-0.1, -0.05) is 36.0 Å². The largest absolute Gasteiger partial charge is 0.349 e. The summed E-state index contributed by atoms with van der Waals surface area (Å²) >= 11 is 11.6. The van der Waals surface area contributed by atoms with Crippen molar-refractivity contribution in [3.63, 3.8) is 0 Å². The summed E-state index contributed by atoms with van der Waals surface area (Å²) < 4.78 is 0. The molecule has 1 atom stereocenters. The van der Waals surface area contributed by atoms with Crippen molar-refractivity contribution in [1.29, 1.82) is 0 Å². The third kappa shape index (κ3) is 3.66. The fourth-order valence-electron chi connectivity index (χ4n) is 2.70. The maximum atomic E-state index is 12.2. The van der Waals surface area contributed by atoms with Gasteiger partial charge in [0.1, 0.15) is 5.02 Å². The summed E-state index contributed by atoms with van der Waals surface area (Å²) in [6, 6.07) is 2.55. The Labute approximate surface area is 132 Å². The number of benzene rings is 1. The lowest BCUT2D eigenvalue weighted by atomic mass is 9.99. The van der Waals surface area contributed by atoms with E-state index in [0.29, 0.717) is 5.92 Å². The topological polar surface area (TPSA) is 72.2 Å². The average Bonchev–Trinajstić information content (AvgIpc) is 2.95. The third-order valence-corrected chi connectivity index (χ3v) is 4.73. The quantitative estimate of drug-likeness (QED) is 0.663. The van der Waals surface area contributed by atoms with Gasteiger partial charge in [0.05, 0.1) is 9.95 Å². The van der Waals surface area contributed by atoms with Gasteiger partial charge in [-0.15, -0.1) is 0 Å². The van der Waals surface area contributed by atoms with E-state index in [9.17, 15) is 14.9 Å². The Kier molecular flexibility index (Phi) is 5.06. The first-order valence-corrected chi connectivity index (χ1v) is 7.60. The molecule has 1 aliphatic carbocycles. The van der Waals surface area contributed by atoms with Crippen LogP contribution in [-0.2, 0) is 0 Å². The molecule has 114 valence electrons. The SMILES string of the molecule is CC(NC(=O)c1cc(Cl)c(Cl)c([N+](=O)[O-])c1)C1CCCC1. The molecule has 1 aromatic rings. The molecule has 1 aromatic carbocycles. The summed E-state index contributed by atoms with van der Waals surface area (Å²) in [5.74, 6) is 0.0998. The molecule has 1 N–H and O–H groups in total. The van der Waals surface area contributed by atoms with Crippen LogP contribution in [0.15, 0.2) is 12.1 Å². The Morgan fingerprint density at radius 3 is 2.57 bits per heavy atom. The van der Waals surface area contributed by atoms with E-state index in [1.807, 2.05) is 6.92 Å². The van der Waals surface area contributed by atoms with E-state index >= 15 is 0 Å². The first-order valence-electron chi connectivity index (χ1n) is 6.84. The van der Waals surface area contributed by atoms with Crippen molar-refractivity contribution in [3.05, 3.63) is 37.9 Å². The number of rotatable bonds is 4. The van der Waals surface area contributed by atoms with Gasteiger partial charge in [0.15, 0.2) is 0 Å². The molecule has 0 saturated heterocycles. The molecule has 21 heavy (non-hydrogen) atoms. The van der Waals surface area contributed by atoms with Crippen LogP contribution in [0.5, 0.6) is 0 Å². The van der Waals surface area contributed by atoms with Gasteiger partial charge in [0, 0.05) is 17.7 Å². The highest BCUT2D eigenvalue weighted by Crippen LogP contribution is 2.33. The molecule has 0 bridgehead atoms.